The van der Waals surface area contributed by atoms with E-state index in [-0.39, 0.29) is 0 Å². The number of aromatic nitrogens is 2. The Hall–Kier alpha value is -1.12. The van der Waals surface area contributed by atoms with Crippen molar-refractivity contribution in [3.63, 3.8) is 0 Å². The van der Waals surface area contributed by atoms with Gasteiger partial charge in [0.05, 0.1) is 0 Å². The van der Waals surface area contributed by atoms with Gasteiger partial charge in [0, 0.05) is 5.69 Å². The third-order valence-corrected chi connectivity index (χ3v) is 1.15. The first kappa shape index (κ1) is 6.01. The Bertz CT molecular complexity index is 227. The first-order valence-electron chi connectivity index (χ1n) is 2.72. The molecular formula is C6H8N2O. The number of hydrogen-bond acceptors (Lipinski definition) is 2. The second-order valence-corrected chi connectivity index (χ2v) is 1.95. The molecule has 0 saturated heterocycles. The molecule has 1 N–H and O–H groups in total. The minimum Gasteiger partial charge on any atom is -0.346 e. The second-order valence-electron chi connectivity index (χ2n) is 1.95. The van der Waals surface area contributed by atoms with Gasteiger partial charge in [0.1, 0.15) is 11.5 Å². The van der Waals surface area contributed by atoms with Gasteiger partial charge in [-0.15, -0.1) is 0 Å². The van der Waals surface area contributed by atoms with Gasteiger partial charge in [-0.3, -0.25) is 4.79 Å². The Morgan fingerprint density at radius 2 is 2.22 bits per heavy atom. The van der Waals surface area contributed by atoms with E-state index in [0.717, 1.165) is 17.8 Å². The van der Waals surface area contributed by atoms with Crippen LogP contribution in [-0.4, -0.2) is 16.3 Å². The Balaban J connectivity index is 3.15. The summed E-state index contributed by atoms with van der Waals surface area (Å²) in [7, 11) is 0. The molecule has 1 heterocycles. The van der Waals surface area contributed by atoms with E-state index in [1.807, 2.05) is 13.8 Å². The van der Waals surface area contributed by atoms with Crippen LogP contribution in [0.3, 0.4) is 0 Å². The SMILES string of the molecule is Cc1nc(C=O)c(C)[nH]1. The molecular weight excluding hydrogens is 116 g/mol. The zero-order valence-corrected chi connectivity index (χ0v) is 5.43. The van der Waals surface area contributed by atoms with Crippen molar-refractivity contribution in [1.29, 1.82) is 0 Å². The van der Waals surface area contributed by atoms with Crippen LogP contribution in [0.25, 0.3) is 0 Å². The van der Waals surface area contributed by atoms with E-state index in [9.17, 15) is 4.79 Å². The van der Waals surface area contributed by atoms with Crippen LogP contribution in [-0.2, 0) is 0 Å². The highest BCUT2D eigenvalue weighted by atomic mass is 16.1. The summed E-state index contributed by atoms with van der Waals surface area (Å²) in [6.07, 6.45) is 0.749. The summed E-state index contributed by atoms with van der Waals surface area (Å²) in [6.45, 7) is 3.64. The molecule has 0 amide bonds. The van der Waals surface area contributed by atoms with Crippen molar-refractivity contribution in [3.05, 3.63) is 17.2 Å². The number of aryl methyl sites for hydroxylation is 2. The minimum atomic E-state index is 0.507. The summed E-state index contributed by atoms with van der Waals surface area (Å²) in [5.41, 5.74) is 1.34. The standard InChI is InChI=1S/C6H8N2O/c1-4-6(3-9)8-5(2)7-4/h3H,1-2H3,(H,7,8). The maximum absolute atomic E-state index is 10.2. The van der Waals surface area contributed by atoms with Gasteiger partial charge >= 0.3 is 0 Å². The normalized spacial score (nSPS) is 9.56. The van der Waals surface area contributed by atoms with Gasteiger partial charge in [-0.2, -0.15) is 0 Å². The number of rotatable bonds is 1. The predicted molar refractivity (Wildman–Crippen MR) is 33.4 cm³/mol. The molecule has 0 aliphatic rings. The quantitative estimate of drug-likeness (QED) is 0.564. The van der Waals surface area contributed by atoms with Crippen molar-refractivity contribution in [3.8, 4) is 0 Å². The van der Waals surface area contributed by atoms with Crippen LogP contribution < -0.4 is 0 Å². The minimum absolute atomic E-state index is 0.507. The highest BCUT2D eigenvalue weighted by molar-refractivity contribution is 5.73. The average Bonchev–Trinajstić information content (AvgIpc) is 2.10. The van der Waals surface area contributed by atoms with Gasteiger partial charge in [-0.25, -0.2) is 4.98 Å². The lowest BCUT2D eigenvalue weighted by atomic mass is 10.4. The molecule has 0 aromatic carbocycles. The van der Waals surface area contributed by atoms with Gasteiger partial charge in [0.2, 0.25) is 0 Å². The van der Waals surface area contributed by atoms with Gasteiger partial charge in [0.25, 0.3) is 0 Å². The molecule has 3 heteroatoms. The van der Waals surface area contributed by atoms with Gasteiger partial charge in [-0.05, 0) is 13.8 Å². The fourth-order valence-corrected chi connectivity index (χ4v) is 0.743. The van der Waals surface area contributed by atoms with Crippen molar-refractivity contribution in [2.45, 2.75) is 13.8 Å². The summed E-state index contributed by atoms with van der Waals surface area (Å²) in [4.78, 5) is 17.0. The Labute approximate surface area is 53.1 Å². The van der Waals surface area contributed by atoms with Gasteiger partial charge in [0.15, 0.2) is 6.29 Å². The number of aromatic amines is 1. The summed E-state index contributed by atoms with van der Waals surface area (Å²) in [5, 5.41) is 0. The van der Waals surface area contributed by atoms with Crippen molar-refractivity contribution in [1.82, 2.24) is 9.97 Å². The van der Waals surface area contributed by atoms with Crippen LogP contribution in [0.2, 0.25) is 0 Å². The van der Waals surface area contributed by atoms with Crippen molar-refractivity contribution in [2.24, 2.45) is 0 Å². The van der Waals surface area contributed by atoms with Crippen molar-refractivity contribution in [2.75, 3.05) is 0 Å². The molecule has 0 fully saturated rings. The lowest BCUT2D eigenvalue weighted by Gasteiger charge is -1.78. The van der Waals surface area contributed by atoms with Crippen LogP contribution in [0.15, 0.2) is 0 Å². The zero-order chi connectivity index (χ0) is 6.85. The molecule has 0 unspecified atom stereocenters. The number of carbonyl (C=O) groups excluding carboxylic acids is 1. The van der Waals surface area contributed by atoms with E-state index >= 15 is 0 Å². The second kappa shape index (κ2) is 2.01. The molecule has 0 radical (unpaired) electrons. The van der Waals surface area contributed by atoms with E-state index < -0.39 is 0 Å². The number of imidazole rings is 1. The maximum atomic E-state index is 10.2. The lowest BCUT2D eigenvalue weighted by Crippen LogP contribution is -1.81. The molecule has 48 valence electrons. The monoisotopic (exact) mass is 124 g/mol. The number of aldehydes is 1. The molecule has 0 aliphatic heterocycles. The summed E-state index contributed by atoms with van der Waals surface area (Å²) >= 11 is 0. The number of H-pyrrole nitrogens is 1. The van der Waals surface area contributed by atoms with Gasteiger partial charge in [-0.1, -0.05) is 0 Å². The van der Waals surface area contributed by atoms with E-state index in [0.29, 0.717) is 5.69 Å². The van der Waals surface area contributed by atoms with E-state index in [4.69, 9.17) is 0 Å². The highest BCUT2D eigenvalue weighted by Gasteiger charge is 1.99. The fraction of sp³-hybridized carbons (Fsp3) is 0.333. The summed E-state index contributed by atoms with van der Waals surface area (Å²) in [5.74, 6) is 0.787. The Kier molecular flexibility index (Phi) is 1.34. The van der Waals surface area contributed by atoms with Gasteiger partial charge < -0.3 is 4.98 Å². The number of carbonyl (C=O) groups is 1. The molecule has 1 aromatic rings. The molecule has 0 bridgehead atoms. The molecule has 0 spiro atoms. The molecule has 1 aromatic heterocycles. The highest BCUT2D eigenvalue weighted by Crippen LogP contribution is 1.99. The molecule has 0 aliphatic carbocycles. The van der Waals surface area contributed by atoms with Crippen molar-refractivity contribution >= 4 is 6.29 Å². The molecule has 3 nitrogen and oxygen atoms in total. The number of nitrogens with zero attached hydrogens (tertiary/aromatic N) is 1. The summed E-state index contributed by atoms with van der Waals surface area (Å²) in [6, 6.07) is 0. The van der Waals surface area contributed by atoms with Crippen LogP contribution in [0.4, 0.5) is 0 Å². The molecule has 0 atom stereocenters. The molecule has 9 heavy (non-hydrogen) atoms. The largest absolute Gasteiger partial charge is 0.346 e. The maximum Gasteiger partial charge on any atom is 0.170 e. The smallest absolute Gasteiger partial charge is 0.170 e. The first-order valence-corrected chi connectivity index (χ1v) is 2.72. The average molecular weight is 124 g/mol. The predicted octanol–water partition coefficient (Wildman–Crippen LogP) is 0.839. The molecule has 0 saturated carbocycles. The zero-order valence-electron chi connectivity index (χ0n) is 5.43. The van der Waals surface area contributed by atoms with E-state index in [2.05, 4.69) is 9.97 Å². The van der Waals surface area contributed by atoms with Crippen molar-refractivity contribution < 1.29 is 4.79 Å². The topological polar surface area (TPSA) is 45.8 Å². The Morgan fingerprint density at radius 3 is 2.44 bits per heavy atom. The number of nitrogens with one attached hydrogen (secondary N) is 1. The van der Waals surface area contributed by atoms with Crippen LogP contribution in [0, 0.1) is 13.8 Å². The Morgan fingerprint density at radius 1 is 1.56 bits per heavy atom. The van der Waals surface area contributed by atoms with Crippen LogP contribution >= 0.6 is 0 Å². The van der Waals surface area contributed by atoms with Crippen LogP contribution in [0.5, 0.6) is 0 Å². The first-order chi connectivity index (χ1) is 4.24. The van der Waals surface area contributed by atoms with E-state index in [1.54, 1.807) is 0 Å². The third kappa shape index (κ3) is 0.988. The third-order valence-electron chi connectivity index (χ3n) is 1.15. The van der Waals surface area contributed by atoms with E-state index in [1.165, 1.54) is 0 Å². The van der Waals surface area contributed by atoms with Crippen LogP contribution in [0.1, 0.15) is 22.0 Å². The fourth-order valence-electron chi connectivity index (χ4n) is 0.743. The lowest BCUT2D eigenvalue weighted by molar-refractivity contribution is 0.111. The molecule has 1 rings (SSSR count). The summed E-state index contributed by atoms with van der Waals surface area (Å²) < 4.78 is 0. The number of hydrogen-bond donors (Lipinski definition) is 1.